The molecule has 0 radical (unpaired) electrons. The maximum absolute atomic E-state index is 13.0. The van der Waals surface area contributed by atoms with E-state index in [-0.39, 0.29) is 38.0 Å². The van der Waals surface area contributed by atoms with Gasteiger partial charge in [0.1, 0.15) is 0 Å². The molecule has 8 heteroatoms. The Balaban J connectivity index is 2.71. The highest BCUT2D eigenvalue weighted by Crippen LogP contribution is 2.53. The van der Waals surface area contributed by atoms with Crippen molar-refractivity contribution in [2.45, 2.75) is 38.5 Å². The highest BCUT2D eigenvalue weighted by molar-refractivity contribution is 6.08. The molecule has 1 atom stereocenters. The summed E-state index contributed by atoms with van der Waals surface area (Å²) in [6.07, 6.45) is 0.101. The molecule has 0 spiro atoms. The number of methoxy groups -OCH3 is 2. The Hall–Kier alpha value is -2.77. The molecule has 0 aromatic heterocycles. The van der Waals surface area contributed by atoms with Gasteiger partial charge >= 0.3 is 11.9 Å². The van der Waals surface area contributed by atoms with Gasteiger partial charge in [-0.1, -0.05) is 6.07 Å². The van der Waals surface area contributed by atoms with Crippen LogP contribution in [0.1, 0.15) is 44.2 Å². The summed E-state index contributed by atoms with van der Waals surface area (Å²) in [5, 5.41) is 2.76. The third kappa shape index (κ3) is 3.63. The van der Waals surface area contributed by atoms with Gasteiger partial charge < -0.3 is 24.3 Å². The van der Waals surface area contributed by atoms with E-state index in [1.165, 1.54) is 21.1 Å². The molecule has 1 aromatic carbocycles. The van der Waals surface area contributed by atoms with E-state index >= 15 is 0 Å². The van der Waals surface area contributed by atoms with Crippen LogP contribution in [0.25, 0.3) is 0 Å². The third-order valence-electron chi connectivity index (χ3n) is 4.85. The lowest BCUT2D eigenvalue weighted by molar-refractivity contribution is -0.165. The predicted molar refractivity (Wildman–Crippen MR) is 101 cm³/mol. The van der Waals surface area contributed by atoms with Crippen LogP contribution < -0.4 is 14.8 Å². The zero-order chi connectivity index (χ0) is 20.9. The number of hydrogen-bond acceptors (Lipinski definition) is 7. The normalized spacial score (nSPS) is 16.7. The van der Waals surface area contributed by atoms with Crippen LogP contribution in [0, 0.1) is 0 Å². The number of nitrogens with one attached hydrogen (secondary N) is 1. The lowest BCUT2D eigenvalue weighted by Crippen LogP contribution is -2.45. The van der Waals surface area contributed by atoms with Crippen molar-refractivity contribution in [2.24, 2.45) is 0 Å². The maximum atomic E-state index is 13.0. The highest BCUT2D eigenvalue weighted by atomic mass is 16.6. The minimum absolute atomic E-state index is 0.101. The second kappa shape index (κ2) is 8.95. The van der Waals surface area contributed by atoms with Crippen molar-refractivity contribution in [3.05, 3.63) is 23.3 Å². The van der Waals surface area contributed by atoms with Crippen LogP contribution in [0.4, 0.5) is 0 Å². The summed E-state index contributed by atoms with van der Waals surface area (Å²) in [7, 11) is 2.99. The van der Waals surface area contributed by atoms with Crippen molar-refractivity contribution in [2.75, 3.05) is 34.0 Å². The molecular weight excluding hydrogens is 366 g/mol. The number of esters is 2. The predicted octanol–water partition coefficient (Wildman–Crippen LogP) is 1.69. The molecule has 0 heterocycles. The fraction of sp³-hybridized carbons (Fsp3) is 0.550. The zero-order valence-corrected chi connectivity index (χ0v) is 16.9. The van der Waals surface area contributed by atoms with Gasteiger partial charge in [0.05, 0.1) is 27.4 Å². The first kappa shape index (κ1) is 21.5. The number of carbonyl (C=O) groups excluding carboxylic acids is 3. The molecule has 1 aromatic rings. The largest absolute Gasteiger partial charge is 0.493 e. The molecule has 0 saturated heterocycles. The van der Waals surface area contributed by atoms with E-state index in [1.807, 2.05) is 0 Å². The van der Waals surface area contributed by atoms with Crippen LogP contribution in [0.3, 0.4) is 0 Å². The minimum atomic E-state index is -1.62. The van der Waals surface area contributed by atoms with Crippen molar-refractivity contribution < 1.29 is 33.3 Å². The summed E-state index contributed by atoms with van der Waals surface area (Å²) in [6, 6.07) is 3.31. The van der Waals surface area contributed by atoms with Gasteiger partial charge in [-0.25, -0.2) is 0 Å². The molecule has 1 amide bonds. The monoisotopic (exact) mass is 393 g/mol. The molecule has 1 aliphatic carbocycles. The van der Waals surface area contributed by atoms with Gasteiger partial charge in [-0.15, -0.1) is 0 Å². The lowest BCUT2D eigenvalue weighted by atomic mass is 9.81. The van der Waals surface area contributed by atoms with Gasteiger partial charge in [0.15, 0.2) is 16.9 Å². The van der Waals surface area contributed by atoms with E-state index in [9.17, 15) is 14.4 Å². The van der Waals surface area contributed by atoms with Crippen LogP contribution in [0.2, 0.25) is 0 Å². The first-order valence-corrected chi connectivity index (χ1v) is 9.21. The molecule has 1 unspecified atom stereocenters. The average molecular weight is 393 g/mol. The number of amides is 1. The number of fused-ring (bicyclic) bond motifs is 1. The van der Waals surface area contributed by atoms with Crippen molar-refractivity contribution in [1.29, 1.82) is 0 Å². The molecule has 0 bridgehead atoms. The van der Waals surface area contributed by atoms with Crippen molar-refractivity contribution in [1.82, 2.24) is 5.32 Å². The zero-order valence-electron chi connectivity index (χ0n) is 16.9. The first-order valence-electron chi connectivity index (χ1n) is 9.21. The molecule has 0 fully saturated rings. The van der Waals surface area contributed by atoms with Gasteiger partial charge in [0.2, 0.25) is 5.91 Å². The molecular formula is C20H27NO7. The fourth-order valence-corrected chi connectivity index (χ4v) is 3.73. The van der Waals surface area contributed by atoms with E-state index in [2.05, 4.69) is 5.32 Å². The quantitative estimate of drug-likeness (QED) is 0.530. The van der Waals surface area contributed by atoms with E-state index < -0.39 is 17.4 Å². The molecule has 1 N–H and O–H groups in total. The Morgan fingerprint density at radius 1 is 1.07 bits per heavy atom. The van der Waals surface area contributed by atoms with Crippen LogP contribution in [-0.4, -0.2) is 51.8 Å². The number of carbonyl (C=O) groups is 3. The van der Waals surface area contributed by atoms with Gasteiger partial charge in [-0.2, -0.15) is 0 Å². The molecule has 0 saturated carbocycles. The summed E-state index contributed by atoms with van der Waals surface area (Å²) in [6.45, 7) is 5.24. The van der Waals surface area contributed by atoms with Crippen LogP contribution >= 0.6 is 0 Å². The Morgan fingerprint density at radius 2 is 1.68 bits per heavy atom. The Kier molecular flexibility index (Phi) is 6.88. The number of rotatable bonds is 8. The standard InChI is InChI=1S/C20H27NO7/c1-6-27-18(23)20(19(24)28-7-2)10-13(11-21-12(3)22)16-14(20)8-9-15(25-4)17(16)26-5/h8-9,13H,6-7,10-11H2,1-5H3,(H,21,22). The van der Waals surface area contributed by atoms with Crippen molar-refractivity contribution in [3.63, 3.8) is 0 Å². The van der Waals surface area contributed by atoms with E-state index in [1.54, 1.807) is 26.0 Å². The van der Waals surface area contributed by atoms with Crippen LogP contribution in [0.5, 0.6) is 11.5 Å². The Bertz CT molecular complexity index is 741. The van der Waals surface area contributed by atoms with E-state index in [0.29, 0.717) is 22.6 Å². The molecule has 8 nitrogen and oxygen atoms in total. The van der Waals surface area contributed by atoms with Crippen molar-refractivity contribution in [3.8, 4) is 11.5 Å². The number of ether oxygens (including phenoxy) is 4. The van der Waals surface area contributed by atoms with Crippen LogP contribution in [0.15, 0.2) is 12.1 Å². The molecule has 2 rings (SSSR count). The molecule has 154 valence electrons. The number of hydrogen-bond donors (Lipinski definition) is 1. The Morgan fingerprint density at radius 3 is 2.14 bits per heavy atom. The third-order valence-corrected chi connectivity index (χ3v) is 4.85. The van der Waals surface area contributed by atoms with Gasteiger partial charge in [-0.3, -0.25) is 14.4 Å². The maximum Gasteiger partial charge on any atom is 0.328 e. The van der Waals surface area contributed by atoms with Gasteiger partial charge in [0, 0.05) is 24.9 Å². The fourth-order valence-electron chi connectivity index (χ4n) is 3.73. The summed E-state index contributed by atoms with van der Waals surface area (Å²) in [4.78, 5) is 37.5. The summed E-state index contributed by atoms with van der Waals surface area (Å²) in [5.74, 6) is -1.03. The molecule has 28 heavy (non-hydrogen) atoms. The number of benzene rings is 1. The molecule has 1 aliphatic rings. The summed E-state index contributed by atoms with van der Waals surface area (Å²) in [5.41, 5.74) is -0.529. The SMILES string of the molecule is CCOC(=O)C1(C(=O)OCC)CC(CNC(C)=O)c2c1ccc(OC)c2OC. The second-order valence-electron chi connectivity index (χ2n) is 6.45. The van der Waals surface area contributed by atoms with Crippen molar-refractivity contribution >= 4 is 17.8 Å². The second-order valence-corrected chi connectivity index (χ2v) is 6.45. The minimum Gasteiger partial charge on any atom is -0.493 e. The van der Waals surface area contributed by atoms with Crippen LogP contribution in [-0.2, 0) is 29.3 Å². The smallest absolute Gasteiger partial charge is 0.328 e. The summed E-state index contributed by atoms with van der Waals surface area (Å²) >= 11 is 0. The first-order chi connectivity index (χ1) is 13.4. The van der Waals surface area contributed by atoms with Gasteiger partial charge in [0.25, 0.3) is 0 Å². The van der Waals surface area contributed by atoms with E-state index in [0.717, 1.165) is 0 Å². The van der Waals surface area contributed by atoms with Gasteiger partial charge in [-0.05, 0) is 31.9 Å². The lowest BCUT2D eigenvalue weighted by Gasteiger charge is -2.26. The summed E-state index contributed by atoms with van der Waals surface area (Å²) < 4.78 is 21.4. The topological polar surface area (TPSA) is 100 Å². The Labute approximate surface area is 164 Å². The average Bonchev–Trinajstić information content (AvgIpc) is 3.01. The van der Waals surface area contributed by atoms with E-state index in [4.69, 9.17) is 18.9 Å². The highest BCUT2D eigenvalue weighted by Gasteiger charge is 2.58. The molecule has 0 aliphatic heterocycles.